The zero-order chi connectivity index (χ0) is 35.4. The van der Waals surface area contributed by atoms with Crippen molar-refractivity contribution in [2.45, 2.75) is 100 Å². The zero-order valence-corrected chi connectivity index (χ0v) is 31.3. The quantitative estimate of drug-likeness (QED) is 0.215. The van der Waals surface area contributed by atoms with Gasteiger partial charge in [-0.1, -0.05) is 25.0 Å². The second-order valence-electron chi connectivity index (χ2n) is 13.5. The molecule has 1 aromatic heterocycles. The number of ether oxygens (including phenoxy) is 4. The van der Waals surface area contributed by atoms with Gasteiger partial charge in [0.1, 0.15) is 41.3 Å². The number of aromatic carboxylic acids is 1. The van der Waals surface area contributed by atoms with E-state index in [4.69, 9.17) is 18.9 Å². The van der Waals surface area contributed by atoms with Gasteiger partial charge >= 0.3 is 41.6 Å². The fraction of sp³-hybridized carbons (Fsp3) is 0.556. The van der Waals surface area contributed by atoms with Crippen LogP contribution in [0.15, 0.2) is 36.4 Å². The average Bonchev–Trinajstić information content (AvgIpc) is 3.38. The van der Waals surface area contributed by atoms with Crippen LogP contribution in [-0.4, -0.2) is 90.3 Å². The third kappa shape index (κ3) is 8.61. The SMILES string of the molecule is COC(=O)[C@@]12C[C@H]1/C=C\CCCCC[C@H](NC(=O)OC1CCCC1)C(=O)N1C[C@H](Oc3cc(C(=O)[O-])nc4cc(OC)ccc34)C[C@H]1C(=O)N2.[Na+]. The van der Waals surface area contributed by atoms with Crippen LogP contribution >= 0.6 is 0 Å². The Balaban J connectivity index is 0.00000504. The first-order valence-corrected chi connectivity index (χ1v) is 17.3. The molecule has 1 saturated heterocycles. The molecule has 51 heavy (non-hydrogen) atoms. The number of alkyl carbamates (subject to hydrolysis) is 1. The van der Waals surface area contributed by atoms with E-state index in [1.807, 2.05) is 12.2 Å². The molecule has 6 rings (SSSR count). The van der Waals surface area contributed by atoms with Crippen LogP contribution in [-0.2, 0) is 23.9 Å². The summed E-state index contributed by atoms with van der Waals surface area (Å²) in [7, 11) is 2.74. The van der Waals surface area contributed by atoms with Gasteiger partial charge in [-0.15, -0.1) is 0 Å². The Kier molecular flexibility index (Phi) is 12.5. The summed E-state index contributed by atoms with van der Waals surface area (Å²) in [6.07, 6.45) is 9.53. The van der Waals surface area contributed by atoms with E-state index in [0.717, 1.165) is 44.9 Å². The molecule has 0 spiro atoms. The Morgan fingerprint density at radius 3 is 2.51 bits per heavy atom. The number of amides is 3. The van der Waals surface area contributed by atoms with Crippen molar-refractivity contribution in [1.29, 1.82) is 0 Å². The van der Waals surface area contributed by atoms with Crippen LogP contribution < -0.4 is 54.8 Å². The minimum Gasteiger partial charge on any atom is -0.543 e. The van der Waals surface area contributed by atoms with E-state index in [1.165, 1.54) is 25.2 Å². The summed E-state index contributed by atoms with van der Waals surface area (Å²) in [5.74, 6) is -2.75. The number of carbonyl (C=O) groups is 5. The number of carbonyl (C=O) groups excluding carboxylic acids is 5. The van der Waals surface area contributed by atoms with Crippen molar-refractivity contribution in [3.05, 3.63) is 42.1 Å². The van der Waals surface area contributed by atoms with Crippen molar-refractivity contribution in [3.63, 3.8) is 0 Å². The summed E-state index contributed by atoms with van der Waals surface area (Å²) >= 11 is 0. The molecule has 2 saturated carbocycles. The number of hydrogen-bond acceptors (Lipinski definition) is 11. The summed E-state index contributed by atoms with van der Waals surface area (Å²) in [5, 5.41) is 18.0. The summed E-state index contributed by atoms with van der Waals surface area (Å²) in [5.41, 5.74) is -1.33. The molecule has 0 unspecified atom stereocenters. The summed E-state index contributed by atoms with van der Waals surface area (Å²) < 4.78 is 22.4. The molecule has 4 aliphatic rings. The molecular formula is C36H43N4NaO10. The van der Waals surface area contributed by atoms with E-state index in [-0.39, 0.29) is 66.0 Å². The minimum absolute atomic E-state index is 0. The van der Waals surface area contributed by atoms with Gasteiger partial charge in [0.25, 0.3) is 0 Å². The second kappa shape index (κ2) is 16.6. The van der Waals surface area contributed by atoms with E-state index in [9.17, 15) is 29.1 Å². The number of pyridine rings is 1. The van der Waals surface area contributed by atoms with Crippen molar-refractivity contribution in [2.75, 3.05) is 20.8 Å². The molecule has 1 aromatic carbocycles. The van der Waals surface area contributed by atoms with Crippen LogP contribution in [0.2, 0.25) is 0 Å². The molecule has 2 N–H and O–H groups in total. The first kappa shape index (κ1) is 38.4. The fourth-order valence-electron chi connectivity index (χ4n) is 7.33. The molecule has 5 atom stereocenters. The van der Waals surface area contributed by atoms with Crippen molar-refractivity contribution in [3.8, 4) is 11.5 Å². The number of rotatable bonds is 7. The van der Waals surface area contributed by atoms with Crippen LogP contribution in [0.4, 0.5) is 4.79 Å². The van der Waals surface area contributed by atoms with Crippen LogP contribution in [0.25, 0.3) is 10.9 Å². The van der Waals surface area contributed by atoms with Gasteiger partial charge in [0.2, 0.25) is 11.8 Å². The van der Waals surface area contributed by atoms with Crippen LogP contribution in [0.3, 0.4) is 0 Å². The summed E-state index contributed by atoms with van der Waals surface area (Å²) in [6, 6.07) is 4.13. The minimum atomic E-state index is -1.51. The standard InChI is InChI=1S/C36H44N4O10.Na/c1-47-23-14-15-25-27(16-23)37-28(33(43)44)18-30(25)49-24-17-29-31(41)39-36(34(45)48-2)19-21(36)10-6-4-3-5-7-13-26(32(42)40(29)20-24)38-35(46)50-22-11-8-9-12-22;/h6,10,14-16,18,21-22,24,26,29H,3-5,7-9,11-13,17,19-20H2,1-2H3,(H,38,46)(H,39,41)(H,43,44);/q;+1/p-1/b10-6-;/t21-,24-,26+,29+,36-;/m1./s1. The van der Waals surface area contributed by atoms with Gasteiger partial charge in [-0.05, 0) is 63.5 Å². The maximum absolute atomic E-state index is 14.4. The maximum Gasteiger partial charge on any atom is 1.00 e. The van der Waals surface area contributed by atoms with Gasteiger partial charge in [-0.3, -0.25) is 9.59 Å². The van der Waals surface area contributed by atoms with Gasteiger partial charge in [0.05, 0.1) is 37.9 Å². The molecule has 3 heterocycles. The Labute approximate surface area is 318 Å². The molecule has 15 heteroatoms. The van der Waals surface area contributed by atoms with Gasteiger partial charge in [-0.25, -0.2) is 14.6 Å². The van der Waals surface area contributed by atoms with E-state index in [0.29, 0.717) is 35.9 Å². The van der Waals surface area contributed by atoms with Crippen LogP contribution in [0, 0.1) is 5.92 Å². The molecule has 3 amide bonds. The predicted octanol–water partition coefficient (Wildman–Crippen LogP) is -0.435. The van der Waals surface area contributed by atoms with E-state index in [1.54, 1.807) is 18.2 Å². The molecule has 2 aromatic rings. The topological polar surface area (TPSA) is 186 Å². The zero-order valence-electron chi connectivity index (χ0n) is 29.3. The van der Waals surface area contributed by atoms with E-state index in [2.05, 4.69) is 15.6 Å². The molecule has 2 aliphatic heterocycles. The fourth-order valence-corrected chi connectivity index (χ4v) is 7.33. The first-order chi connectivity index (χ1) is 24.1. The molecule has 0 bridgehead atoms. The van der Waals surface area contributed by atoms with Crippen LogP contribution in [0.5, 0.6) is 11.5 Å². The Bertz CT molecular complexity index is 1680. The van der Waals surface area contributed by atoms with Crippen molar-refractivity contribution < 1.29 is 77.6 Å². The number of esters is 1. The largest absolute Gasteiger partial charge is 1.00 e. The van der Waals surface area contributed by atoms with Crippen molar-refractivity contribution in [2.24, 2.45) is 5.92 Å². The maximum atomic E-state index is 14.4. The molecule has 268 valence electrons. The number of carboxylic acids is 1. The number of benzene rings is 1. The Hall–Kier alpha value is -3.88. The number of aromatic nitrogens is 1. The van der Waals surface area contributed by atoms with Gasteiger partial charge < -0.3 is 44.4 Å². The normalized spacial score (nSPS) is 27.4. The molecule has 0 radical (unpaired) electrons. The van der Waals surface area contributed by atoms with Gasteiger partial charge in [0, 0.05) is 29.9 Å². The monoisotopic (exact) mass is 714 g/mol. The number of nitrogens with zero attached hydrogens (tertiary/aromatic N) is 2. The van der Waals surface area contributed by atoms with E-state index >= 15 is 0 Å². The predicted molar refractivity (Wildman–Crippen MR) is 176 cm³/mol. The number of carboxylic acid groups (broad SMARTS) is 1. The van der Waals surface area contributed by atoms with Gasteiger partial charge in [0.15, 0.2) is 0 Å². The number of fused-ring (bicyclic) bond motifs is 3. The van der Waals surface area contributed by atoms with Crippen molar-refractivity contribution >= 4 is 40.7 Å². The van der Waals surface area contributed by atoms with Gasteiger partial charge in [-0.2, -0.15) is 0 Å². The second-order valence-corrected chi connectivity index (χ2v) is 13.5. The van der Waals surface area contributed by atoms with Crippen LogP contribution in [0.1, 0.15) is 81.1 Å². The average molecular weight is 715 g/mol. The molecule has 14 nitrogen and oxygen atoms in total. The Morgan fingerprint density at radius 1 is 1.02 bits per heavy atom. The number of methoxy groups -OCH3 is 2. The summed E-state index contributed by atoms with van der Waals surface area (Å²) in [4.78, 5) is 71.9. The number of nitrogens with one attached hydrogen (secondary N) is 2. The smallest absolute Gasteiger partial charge is 0.543 e. The summed E-state index contributed by atoms with van der Waals surface area (Å²) in [6.45, 7) is -0.0536. The molecular weight excluding hydrogens is 671 g/mol. The number of allylic oxidation sites excluding steroid dienone is 1. The van der Waals surface area contributed by atoms with Crippen molar-refractivity contribution in [1.82, 2.24) is 20.5 Å². The Morgan fingerprint density at radius 2 is 1.78 bits per heavy atom. The first-order valence-electron chi connectivity index (χ1n) is 17.3. The van der Waals surface area contributed by atoms with E-state index < -0.39 is 53.6 Å². The molecule has 3 fully saturated rings. The number of hydrogen-bond donors (Lipinski definition) is 2. The third-order valence-corrected chi connectivity index (χ3v) is 10.1. The molecule has 2 aliphatic carbocycles. The third-order valence-electron chi connectivity index (χ3n) is 10.1.